The van der Waals surface area contributed by atoms with Crippen LogP contribution in [0.15, 0.2) is 47.4 Å². The summed E-state index contributed by atoms with van der Waals surface area (Å²) in [5.41, 5.74) is 1.33. The van der Waals surface area contributed by atoms with Crippen LogP contribution < -0.4 is 14.8 Å². The number of nitrogens with zero attached hydrogens (tertiary/aromatic N) is 2. The third-order valence-electron chi connectivity index (χ3n) is 4.27. The molecule has 0 atom stereocenters. The smallest absolute Gasteiger partial charge is 0.257 e. The molecule has 1 aromatic heterocycles. The summed E-state index contributed by atoms with van der Waals surface area (Å²) >= 11 is 1.13. The van der Waals surface area contributed by atoms with Crippen molar-refractivity contribution in [3.05, 3.63) is 58.6 Å². The van der Waals surface area contributed by atoms with Crippen LogP contribution in [0, 0.1) is 6.92 Å². The van der Waals surface area contributed by atoms with E-state index in [4.69, 9.17) is 9.47 Å². The van der Waals surface area contributed by atoms with Crippen LogP contribution in [0.1, 0.15) is 20.9 Å². The summed E-state index contributed by atoms with van der Waals surface area (Å²) in [4.78, 5) is 12.8. The minimum Gasteiger partial charge on any atom is -0.497 e. The van der Waals surface area contributed by atoms with Crippen LogP contribution in [0.5, 0.6) is 11.5 Å². The maximum Gasteiger partial charge on any atom is 0.257 e. The molecule has 1 N–H and O–H groups in total. The molecule has 3 rings (SSSR count). The van der Waals surface area contributed by atoms with Gasteiger partial charge < -0.3 is 9.47 Å². The van der Waals surface area contributed by atoms with Crippen molar-refractivity contribution in [2.24, 2.45) is 0 Å². The molecule has 0 bridgehead atoms. The first-order valence-electron chi connectivity index (χ1n) is 8.97. The Balaban J connectivity index is 1.65. The second kappa shape index (κ2) is 9.23. The summed E-state index contributed by atoms with van der Waals surface area (Å²) < 4.78 is 35.3. The number of amides is 1. The lowest BCUT2D eigenvalue weighted by atomic mass is 10.2. The lowest BCUT2D eigenvalue weighted by molar-refractivity contribution is 0.102. The topological polar surface area (TPSA) is 107 Å². The van der Waals surface area contributed by atoms with E-state index in [9.17, 15) is 13.2 Å². The van der Waals surface area contributed by atoms with Gasteiger partial charge >= 0.3 is 0 Å². The molecule has 0 aliphatic rings. The van der Waals surface area contributed by atoms with Gasteiger partial charge in [0.05, 0.1) is 24.9 Å². The Kier molecular flexibility index (Phi) is 6.68. The molecule has 10 heteroatoms. The molecular formula is C20H21N3O5S2. The second-order valence-corrected chi connectivity index (χ2v) is 9.61. The summed E-state index contributed by atoms with van der Waals surface area (Å²) in [6.07, 6.45) is 0.205. The number of anilines is 1. The van der Waals surface area contributed by atoms with Gasteiger partial charge in [0.15, 0.2) is 9.84 Å². The largest absolute Gasteiger partial charge is 0.497 e. The fraction of sp³-hybridized carbons (Fsp3) is 0.250. The first kappa shape index (κ1) is 21.7. The Morgan fingerprint density at radius 3 is 2.27 bits per heavy atom. The van der Waals surface area contributed by atoms with Gasteiger partial charge in [0.2, 0.25) is 5.13 Å². The Labute approximate surface area is 178 Å². The molecule has 0 saturated heterocycles. The first-order chi connectivity index (χ1) is 14.3. The zero-order valence-electron chi connectivity index (χ0n) is 16.7. The van der Waals surface area contributed by atoms with Crippen molar-refractivity contribution in [2.75, 3.05) is 25.3 Å². The lowest BCUT2D eigenvalue weighted by Crippen LogP contribution is -2.12. The van der Waals surface area contributed by atoms with Gasteiger partial charge in [0, 0.05) is 18.1 Å². The van der Waals surface area contributed by atoms with Crippen LogP contribution >= 0.6 is 11.3 Å². The molecule has 0 fully saturated rings. The highest BCUT2D eigenvalue weighted by Gasteiger charge is 2.17. The summed E-state index contributed by atoms with van der Waals surface area (Å²) in [7, 11) is -0.427. The van der Waals surface area contributed by atoms with Crippen LogP contribution in [-0.4, -0.2) is 44.5 Å². The third-order valence-corrected chi connectivity index (χ3v) is 6.90. The highest BCUT2D eigenvalue weighted by atomic mass is 32.2. The SMILES string of the molecule is COc1cc(OC)cc(C(=O)Nc2nnc(CCS(=O)(=O)c3ccc(C)cc3)s2)c1. The van der Waals surface area contributed by atoms with Gasteiger partial charge in [-0.1, -0.05) is 29.0 Å². The number of aromatic nitrogens is 2. The van der Waals surface area contributed by atoms with Crippen LogP contribution in [0.25, 0.3) is 0 Å². The van der Waals surface area contributed by atoms with E-state index in [-0.39, 0.29) is 22.2 Å². The molecule has 2 aromatic carbocycles. The number of sulfone groups is 1. The van der Waals surface area contributed by atoms with E-state index in [1.807, 2.05) is 6.92 Å². The molecule has 3 aromatic rings. The van der Waals surface area contributed by atoms with Crippen LogP contribution in [0.3, 0.4) is 0 Å². The van der Waals surface area contributed by atoms with Gasteiger partial charge in [-0.05, 0) is 31.2 Å². The van der Waals surface area contributed by atoms with Gasteiger partial charge in [-0.15, -0.1) is 10.2 Å². The fourth-order valence-corrected chi connectivity index (χ4v) is 4.71. The van der Waals surface area contributed by atoms with Gasteiger partial charge in [-0.3, -0.25) is 10.1 Å². The minimum absolute atomic E-state index is 0.0915. The van der Waals surface area contributed by atoms with Gasteiger partial charge in [0.1, 0.15) is 16.5 Å². The van der Waals surface area contributed by atoms with Gasteiger partial charge in [0.25, 0.3) is 5.91 Å². The van der Waals surface area contributed by atoms with E-state index in [0.29, 0.717) is 22.1 Å². The molecular weight excluding hydrogens is 426 g/mol. The number of hydrogen-bond acceptors (Lipinski definition) is 8. The van der Waals surface area contributed by atoms with Crippen molar-refractivity contribution in [2.45, 2.75) is 18.2 Å². The van der Waals surface area contributed by atoms with E-state index in [1.165, 1.54) is 14.2 Å². The predicted molar refractivity (Wildman–Crippen MR) is 114 cm³/mol. The van der Waals surface area contributed by atoms with E-state index in [1.54, 1.807) is 42.5 Å². The molecule has 0 saturated carbocycles. The highest BCUT2D eigenvalue weighted by Crippen LogP contribution is 2.24. The van der Waals surface area contributed by atoms with E-state index in [2.05, 4.69) is 15.5 Å². The van der Waals surface area contributed by atoms with Gasteiger partial charge in [-0.2, -0.15) is 0 Å². The number of ether oxygens (including phenoxy) is 2. The molecule has 0 radical (unpaired) electrons. The maximum absolute atomic E-state index is 12.5. The van der Waals surface area contributed by atoms with Crippen LogP contribution in [0.2, 0.25) is 0 Å². The van der Waals surface area contributed by atoms with Gasteiger partial charge in [-0.25, -0.2) is 8.42 Å². The standard InChI is InChI=1S/C20H21N3O5S2/c1-13-4-6-17(7-5-13)30(25,26)9-8-18-22-23-20(29-18)21-19(24)14-10-15(27-2)12-16(11-14)28-3/h4-7,10-12H,8-9H2,1-3H3,(H,21,23,24). The van der Waals surface area contributed by atoms with Crippen molar-refractivity contribution in [1.29, 1.82) is 0 Å². The first-order valence-corrected chi connectivity index (χ1v) is 11.4. The molecule has 158 valence electrons. The number of benzene rings is 2. The summed E-state index contributed by atoms with van der Waals surface area (Å²) in [5.74, 6) is 0.478. The molecule has 30 heavy (non-hydrogen) atoms. The van der Waals surface area contributed by atoms with Crippen LogP contribution in [-0.2, 0) is 16.3 Å². The van der Waals surface area contributed by atoms with Crippen molar-refractivity contribution in [1.82, 2.24) is 10.2 Å². The normalized spacial score (nSPS) is 11.2. The number of methoxy groups -OCH3 is 2. The average Bonchev–Trinajstić information content (AvgIpc) is 3.19. The second-order valence-electron chi connectivity index (χ2n) is 6.44. The van der Waals surface area contributed by atoms with Crippen molar-refractivity contribution >= 4 is 32.2 Å². The Hall–Kier alpha value is -2.98. The zero-order chi connectivity index (χ0) is 21.7. The Morgan fingerprint density at radius 2 is 1.67 bits per heavy atom. The summed E-state index contributed by atoms with van der Waals surface area (Å²) in [6.45, 7) is 1.90. The molecule has 0 aliphatic heterocycles. The van der Waals surface area contributed by atoms with Crippen LogP contribution in [0.4, 0.5) is 5.13 Å². The summed E-state index contributed by atoms with van der Waals surface area (Å²) in [6, 6.07) is 11.5. The number of carbonyl (C=O) groups excluding carboxylic acids is 1. The highest BCUT2D eigenvalue weighted by molar-refractivity contribution is 7.91. The molecule has 0 aliphatic carbocycles. The monoisotopic (exact) mass is 447 g/mol. The van der Waals surface area contributed by atoms with E-state index < -0.39 is 15.7 Å². The van der Waals surface area contributed by atoms with Crippen molar-refractivity contribution in [3.63, 3.8) is 0 Å². The fourth-order valence-electron chi connectivity index (χ4n) is 2.60. The number of carbonyl (C=O) groups is 1. The Bertz CT molecular complexity index is 1120. The number of nitrogens with one attached hydrogen (secondary N) is 1. The van der Waals surface area contributed by atoms with Crippen molar-refractivity contribution < 1.29 is 22.7 Å². The molecule has 1 heterocycles. The third kappa shape index (κ3) is 5.33. The van der Waals surface area contributed by atoms with E-state index in [0.717, 1.165) is 16.9 Å². The number of hydrogen-bond donors (Lipinski definition) is 1. The predicted octanol–water partition coefficient (Wildman–Crippen LogP) is 3.13. The molecule has 1 amide bonds. The number of rotatable bonds is 8. The van der Waals surface area contributed by atoms with E-state index >= 15 is 0 Å². The Morgan fingerprint density at radius 1 is 1.03 bits per heavy atom. The lowest BCUT2D eigenvalue weighted by Gasteiger charge is -2.07. The number of aryl methyl sites for hydroxylation is 2. The maximum atomic E-state index is 12.5. The zero-order valence-corrected chi connectivity index (χ0v) is 18.3. The summed E-state index contributed by atoms with van der Waals surface area (Å²) in [5, 5.41) is 11.4. The molecule has 0 unspecified atom stereocenters. The average molecular weight is 448 g/mol. The minimum atomic E-state index is -3.42. The quantitative estimate of drug-likeness (QED) is 0.565. The molecule has 8 nitrogen and oxygen atoms in total. The van der Waals surface area contributed by atoms with Crippen molar-refractivity contribution in [3.8, 4) is 11.5 Å². The molecule has 0 spiro atoms.